The molecule has 0 unspecified atom stereocenters. The second-order valence-corrected chi connectivity index (χ2v) is 5.08. The maximum atomic E-state index is 9.50. The molecular weight excluding hydrogens is 256 g/mol. The van der Waals surface area contributed by atoms with Crippen molar-refractivity contribution in [3.05, 3.63) is 23.8 Å². The Kier molecular flexibility index (Phi) is 5.64. The smallest absolute Gasteiger partial charge is 0.125 e. The SMILES string of the molecule is COCCOc1ccc(N2CCN(C)CC2)cc1CO. The average Bonchev–Trinajstić information content (AvgIpc) is 2.48. The van der Waals surface area contributed by atoms with Gasteiger partial charge in [-0.3, -0.25) is 0 Å². The predicted molar refractivity (Wildman–Crippen MR) is 79.4 cm³/mol. The standard InChI is InChI=1S/C15H24N2O3/c1-16-5-7-17(8-6-16)14-3-4-15(13(11-14)12-18)20-10-9-19-2/h3-4,11,18H,5-10,12H2,1-2H3. The first-order chi connectivity index (χ1) is 9.74. The number of benzene rings is 1. The van der Waals surface area contributed by atoms with Crippen LogP contribution in [-0.2, 0) is 11.3 Å². The summed E-state index contributed by atoms with van der Waals surface area (Å²) in [6, 6.07) is 6.02. The fourth-order valence-electron chi connectivity index (χ4n) is 2.33. The monoisotopic (exact) mass is 280 g/mol. The van der Waals surface area contributed by atoms with Crippen LogP contribution in [0.5, 0.6) is 5.75 Å². The molecule has 1 fully saturated rings. The summed E-state index contributed by atoms with van der Waals surface area (Å²) in [5.74, 6) is 0.738. The van der Waals surface area contributed by atoms with E-state index in [4.69, 9.17) is 9.47 Å². The van der Waals surface area contributed by atoms with Crippen molar-refractivity contribution in [2.75, 3.05) is 58.5 Å². The van der Waals surface area contributed by atoms with E-state index in [1.807, 2.05) is 12.1 Å². The van der Waals surface area contributed by atoms with Gasteiger partial charge in [0.15, 0.2) is 0 Å². The summed E-state index contributed by atoms with van der Waals surface area (Å²) in [7, 11) is 3.79. The molecule has 0 bridgehead atoms. The molecule has 0 radical (unpaired) electrons. The Morgan fingerprint density at radius 1 is 1.15 bits per heavy atom. The van der Waals surface area contributed by atoms with Crippen molar-refractivity contribution in [1.82, 2.24) is 4.90 Å². The van der Waals surface area contributed by atoms with Gasteiger partial charge in [-0.25, -0.2) is 0 Å². The number of anilines is 1. The lowest BCUT2D eigenvalue weighted by Gasteiger charge is -2.34. The molecule has 0 saturated carbocycles. The van der Waals surface area contributed by atoms with E-state index in [0.29, 0.717) is 13.2 Å². The molecule has 1 aromatic rings. The number of aliphatic hydroxyl groups excluding tert-OH is 1. The molecule has 5 nitrogen and oxygen atoms in total. The van der Waals surface area contributed by atoms with Gasteiger partial charge in [-0.15, -0.1) is 0 Å². The van der Waals surface area contributed by atoms with Crippen molar-refractivity contribution in [3.63, 3.8) is 0 Å². The summed E-state index contributed by atoms with van der Waals surface area (Å²) in [5.41, 5.74) is 1.98. The van der Waals surface area contributed by atoms with Gasteiger partial charge in [0, 0.05) is 44.5 Å². The molecule has 1 aliphatic heterocycles. The van der Waals surface area contributed by atoms with E-state index in [9.17, 15) is 5.11 Å². The molecule has 1 aliphatic rings. The fourth-order valence-corrected chi connectivity index (χ4v) is 2.33. The minimum Gasteiger partial charge on any atom is -0.491 e. The van der Waals surface area contributed by atoms with Gasteiger partial charge >= 0.3 is 0 Å². The highest BCUT2D eigenvalue weighted by atomic mass is 16.5. The second-order valence-electron chi connectivity index (χ2n) is 5.08. The second kappa shape index (κ2) is 7.47. The zero-order chi connectivity index (χ0) is 14.4. The molecule has 2 rings (SSSR count). The van der Waals surface area contributed by atoms with E-state index in [2.05, 4.69) is 22.9 Å². The first-order valence-electron chi connectivity index (χ1n) is 7.03. The van der Waals surface area contributed by atoms with Crippen LogP contribution in [0.2, 0.25) is 0 Å². The molecule has 5 heteroatoms. The van der Waals surface area contributed by atoms with Gasteiger partial charge in [0.2, 0.25) is 0 Å². The molecule has 1 heterocycles. The number of rotatable bonds is 6. The molecular formula is C15H24N2O3. The van der Waals surface area contributed by atoms with Gasteiger partial charge in [-0.2, -0.15) is 0 Å². The minimum atomic E-state index is -0.0100. The van der Waals surface area contributed by atoms with Crippen LogP contribution in [0.25, 0.3) is 0 Å². The summed E-state index contributed by atoms with van der Waals surface area (Å²) in [5, 5.41) is 9.50. The van der Waals surface area contributed by atoms with Crippen LogP contribution in [0.15, 0.2) is 18.2 Å². The van der Waals surface area contributed by atoms with Crippen LogP contribution in [0.1, 0.15) is 5.56 Å². The number of methoxy groups -OCH3 is 1. The van der Waals surface area contributed by atoms with Crippen molar-refractivity contribution < 1.29 is 14.6 Å². The third kappa shape index (κ3) is 3.85. The molecule has 0 amide bonds. The molecule has 20 heavy (non-hydrogen) atoms. The molecule has 0 atom stereocenters. The Morgan fingerprint density at radius 2 is 1.90 bits per heavy atom. The van der Waals surface area contributed by atoms with Gasteiger partial charge in [0.05, 0.1) is 13.2 Å². The van der Waals surface area contributed by atoms with E-state index in [-0.39, 0.29) is 6.61 Å². The highest BCUT2D eigenvalue weighted by molar-refractivity contribution is 5.53. The Bertz CT molecular complexity index is 418. The van der Waals surface area contributed by atoms with Crippen LogP contribution in [0.4, 0.5) is 5.69 Å². The normalized spacial score (nSPS) is 16.4. The Balaban J connectivity index is 2.04. The summed E-state index contributed by atoms with van der Waals surface area (Å²) < 4.78 is 10.6. The Hall–Kier alpha value is -1.30. The lowest BCUT2D eigenvalue weighted by molar-refractivity contribution is 0.144. The molecule has 1 aromatic carbocycles. The summed E-state index contributed by atoms with van der Waals surface area (Å²) in [4.78, 5) is 4.67. The third-order valence-corrected chi connectivity index (χ3v) is 3.63. The van der Waals surface area contributed by atoms with Crippen LogP contribution >= 0.6 is 0 Å². The van der Waals surface area contributed by atoms with Crippen molar-refractivity contribution in [2.45, 2.75) is 6.61 Å². The largest absolute Gasteiger partial charge is 0.491 e. The summed E-state index contributed by atoms with van der Waals surface area (Å²) in [6.07, 6.45) is 0. The number of ether oxygens (including phenoxy) is 2. The van der Waals surface area contributed by atoms with Crippen LogP contribution < -0.4 is 9.64 Å². The molecule has 0 aromatic heterocycles. The number of hydrogen-bond donors (Lipinski definition) is 1. The van der Waals surface area contributed by atoms with E-state index in [1.165, 1.54) is 0 Å². The quantitative estimate of drug-likeness (QED) is 0.786. The lowest BCUT2D eigenvalue weighted by atomic mass is 10.1. The van der Waals surface area contributed by atoms with Gasteiger partial charge in [0.25, 0.3) is 0 Å². The first-order valence-corrected chi connectivity index (χ1v) is 7.03. The highest BCUT2D eigenvalue weighted by Crippen LogP contribution is 2.26. The van der Waals surface area contributed by atoms with Gasteiger partial charge in [-0.05, 0) is 25.2 Å². The first kappa shape index (κ1) is 15.1. The Morgan fingerprint density at radius 3 is 2.55 bits per heavy atom. The highest BCUT2D eigenvalue weighted by Gasteiger charge is 2.15. The van der Waals surface area contributed by atoms with Gasteiger partial charge < -0.3 is 24.4 Å². The topological polar surface area (TPSA) is 45.2 Å². The number of nitrogens with zero attached hydrogens (tertiary/aromatic N) is 2. The van der Waals surface area contributed by atoms with Crippen LogP contribution in [-0.4, -0.2) is 63.6 Å². The van der Waals surface area contributed by atoms with E-state index >= 15 is 0 Å². The van der Waals surface area contributed by atoms with Crippen molar-refractivity contribution >= 4 is 5.69 Å². The molecule has 1 N–H and O–H groups in total. The van der Waals surface area contributed by atoms with Crippen LogP contribution in [0.3, 0.4) is 0 Å². The molecule has 1 saturated heterocycles. The molecule has 112 valence electrons. The van der Waals surface area contributed by atoms with Gasteiger partial charge in [0.1, 0.15) is 12.4 Å². The van der Waals surface area contributed by atoms with E-state index in [1.54, 1.807) is 7.11 Å². The maximum Gasteiger partial charge on any atom is 0.125 e. The number of piperazine rings is 1. The number of hydrogen-bond acceptors (Lipinski definition) is 5. The molecule has 0 spiro atoms. The molecule has 0 aliphatic carbocycles. The zero-order valence-corrected chi connectivity index (χ0v) is 12.3. The third-order valence-electron chi connectivity index (χ3n) is 3.63. The van der Waals surface area contributed by atoms with Gasteiger partial charge in [-0.1, -0.05) is 0 Å². The number of likely N-dealkylation sites (N-methyl/N-ethyl adjacent to an activating group) is 1. The zero-order valence-electron chi connectivity index (χ0n) is 12.3. The minimum absolute atomic E-state index is 0.0100. The van der Waals surface area contributed by atoms with E-state index in [0.717, 1.165) is 43.2 Å². The number of aliphatic hydroxyl groups is 1. The van der Waals surface area contributed by atoms with Crippen molar-refractivity contribution in [1.29, 1.82) is 0 Å². The van der Waals surface area contributed by atoms with Crippen molar-refractivity contribution in [3.8, 4) is 5.75 Å². The predicted octanol–water partition coefficient (Wildman–Crippen LogP) is 0.956. The average molecular weight is 280 g/mol. The van der Waals surface area contributed by atoms with Crippen molar-refractivity contribution in [2.24, 2.45) is 0 Å². The maximum absolute atomic E-state index is 9.50. The summed E-state index contributed by atoms with van der Waals surface area (Å²) >= 11 is 0. The van der Waals surface area contributed by atoms with Crippen LogP contribution in [0, 0.1) is 0 Å². The lowest BCUT2D eigenvalue weighted by Crippen LogP contribution is -2.44. The Labute approximate surface area is 120 Å². The van der Waals surface area contributed by atoms with E-state index < -0.39 is 0 Å². The fraction of sp³-hybridized carbons (Fsp3) is 0.600. The summed E-state index contributed by atoms with van der Waals surface area (Å²) in [6.45, 7) is 5.21.